The van der Waals surface area contributed by atoms with Crippen molar-refractivity contribution in [3.05, 3.63) is 47.0 Å². The lowest BCUT2D eigenvalue weighted by Gasteiger charge is -2.60. The van der Waals surface area contributed by atoms with Gasteiger partial charge in [-0.1, -0.05) is 24.3 Å². The number of nitrogens with zero attached hydrogens (tertiary/aromatic N) is 4. The molecule has 3 aliphatic rings. The highest BCUT2D eigenvalue weighted by Crippen LogP contribution is 2.57. The highest BCUT2D eigenvalue weighted by atomic mass is 16.3. The molecule has 3 aliphatic carbocycles. The Balaban J connectivity index is 1.74. The number of aromatic hydroxyl groups is 1. The van der Waals surface area contributed by atoms with Gasteiger partial charge in [0, 0.05) is 37.4 Å². The summed E-state index contributed by atoms with van der Waals surface area (Å²) < 4.78 is 0. The van der Waals surface area contributed by atoms with Crippen LogP contribution in [0.25, 0.3) is 11.1 Å². The van der Waals surface area contributed by atoms with Crippen LogP contribution < -0.4 is 22.1 Å². The average Bonchev–Trinajstić information content (AvgIpc) is 2.92. The molecule has 2 saturated carbocycles. The number of phenols is 1. The number of nitrogens with two attached hydrogens (primary N) is 3. The van der Waals surface area contributed by atoms with Crippen LogP contribution in [-0.2, 0) is 32.1 Å². The zero-order valence-electron chi connectivity index (χ0n) is 26.7. The fraction of sp³-hybridized carbons (Fsp3) is 0.455. The van der Waals surface area contributed by atoms with Crippen molar-refractivity contribution in [2.45, 2.75) is 36.5 Å². The highest BCUT2D eigenvalue weighted by molar-refractivity contribution is 6.33. The monoisotopic (exact) mass is 629 g/mol. The standard InChI is InChI=1S/C33H39N7O6/c1-38(2)13-16-7-9-17(10-8-16)18-11-20(39(3)4)19-12-31(36)14-33(37)27(40(5)6)26(43)22(30(35)46)28(44)32(33,15-34)29(45)23(31)25(42)21(19)24(18)41/h7-11,22-23,27,41H,12-14,36-37H2,1-6H3,(H2,35,46)/t22?,23?,27-,31-,32+,33-/m1/s1. The molecule has 46 heavy (non-hydrogen) atoms. The number of nitriles is 1. The Hall–Kier alpha value is -4.48. The molecular formula is C33H39N7O6. The van der Waals surface area contributed by atoms with Gasteiger partial charge < -0.3 is 32.1 Å². The van der Waals surface area contributed by atoms with Gasteiger partial charge in [-0.2, -0.15) is 5.26 Å². The molecule has 5 rings (SSSR count). The number of carbonyl (C=O) groups excluding carboxylic acids is 5. The van der Waals surface area contributed by atoms with Crippen molar-refractivity contribution >= 4 is 34.7 Å². The lowest BCUT2D eigenvalue weighted by molar-refractivity contribution is -0.166. The molecule has 242 valence electrons. The Morgan fingerprint density at radius 1 is 1.02 bits per heavy atom. The quantitative estimate of drug-likeness (QED) is 0.300. The van der Waals surface area contributed by atoms with Gasteiger partial charge in [0.25, 0.3) is 0 Å². The molecule has 13 heteroatoms. The van der Waals surface area contributed by atoms with Gasteiger partial charge in [-0.25, -0.2) is 0 Å². The molecule has 0 aliphatic heterocycles. The van der Waals surface area contributed by atoms with E-state index in [0.717, 1.165) is 5.56 Å². The third-order valence-electron chi connectivity index (χ3n) is 9.81. The number of hydrogen-bond donors (Lipinski definition) is 4. The number of phenolic OH excluding ortho intramolecular Hbond substituents is 1. The van der Waals surface area contributed by atoms with Crippen LogP contribution in [0.2, 0.25) is 0 Å². The van der Waals surface area contributed by atoms with Crippen molar-refractivity contribution in [3.8, 4) is 22.9 Å². The third kappa shape index (κ3) is 4.32. The summed E-state index contributed by atoms with van der Waals surface area (Å²) in [4.78, 5) is 74.2. The van der Waals surface area contributed by atoms with Gasteiger partial charge in [0.05, 0.1) is 23.2 Å². The molecular weight excluding hydrogens is 590 g/mol. The Morgan fingerprint density at radius 2 is 1.63 bits per heavy atom. The summed E-state index contributed by atoms with van der Waals surface area (Å²) in [7, 11) is 10.3. The number of rotatable bonds is 6. The Kier molecular flexibility index (Phi) is 7.73. The van der Waals surface area contributed by atoms with Gasteiger partial charge in [-0.3, -0.25) is 28.9 Å². The minimum atomic E-state index is -2.80. The molecule has 0 heterocycles. The van der Waals surface area contributed by atoms with Crippen LogP contribution in [0, 0.1) is 28.6 Å². The first-order valence-electron chi connectivity index (χ1n) is 14.8. The lowest BCUT2D eigenvalue weighted by Crippen LogP contribution is -2.85. The summed E-state index contributed by atoms with van der Waals surface area (Å²) in [5.41, 5.74) is 15.3. The van der Waals surface area contributed by atoms with Gasteiger partial charge in [-0.05, 0) is 63.8 Å². The minimum Gasteiger partial charge on any atom is -0.507 e. The predicted molar refractivity (Wildman–Crippen MR) is 168 cm³/mol. The average molecular weight is 630 g/mol. The highest BCUT2D eigenvalue weighted by Gasteiger charge is 2.78. The first-order valence-corrected chi connectivity index (χ1v) is 14.8. The third-order valence-corrected chi connectivity index (χ3v) is 9.81. The van der Waals surface area contributed by atoms with Gasteiger partial charge in [0.2, 0.25) is 5.91 Å². The van der Waals surface area contributed by atoms with E-state index in [1.165, 1.54) is 19.0 Å². The fourth-order valence-corrected chi connectivity index (χ4v) is 8.03. The second-order valence-electron chi connectivity index (χ2n) is 13.6. The van der Waals surface area contributed by atoms with Crippen molar-refractivity contribution in [1.82, 2.24) is 9.80 Å². The van der Waals surface area contributed by atoms with Gasteiger partial charge in [0.15, 0.2) is 34.5 Å². The van der Waals surface area contributed by atoms with Crippen LogP contribution in [0.1, 0.15) is 27.9 Å². The summed E-state index contributed by atoms with van der Waals surface area (Å²) in [6.45, 7) is 0.694. The van der Waals surface area contributed by atoms with Crippen LogP contribution >= 0.6 is 0 Å². The van der Waals surface area contributed by atoms with Crippen LogP contribution in [0.4, 0.5) is 5.69 Å². The number of anilines is 1. The van der Waals surface area contributed by atoms with E-state index in [2.05, 4.69) is 0 Å². The maximum Gasteiger partial charge on any atom is 0.235 e. The zero-order valence-corrected chi connectivity index (χ0v) is 26.7. The Bertz CT molecular complexity index is 1750. The number of likely N-dealkylation sites (N-methyl/N-ethyl adjacent to an activating group) is 1. The molecule has 7 N–H and O–H groups in total. The van der Waals surface area contributed by atoms with Gasteiger partial charge in [0.1, 0.15) is 11.7 Å². The van der Waals surface area contributed by atoms with E-state index < -0.39 is 69.8 Å². The first-order chi connectivity index (χ1) is 21.4. The van der Waals surface area contributed by atoms with E-state index in [1.807, 2.05) is 43.3 Å². The van der Waals surface area contributed by atoms with E-state index in [0.29, 0.717) is 28.9 Å². The molecule has 0 spiro atoms. The molecule has 2 unspecified atom stereocenters. The topological polar surface area (TPSA) is 217 Å². The molecule has 0 aromatic heterocycles. The smallest absolute Gasteiger partial charge is 0.235 e. The number of Topliss-reactive ketones (excluding diaryl/α,β-unsaturated/α-hetero) is 4. The van der Waals surface area contributed by atoms with E-state index in [1.54, 1.807) is 31.1 Å². The van der Waals surface area contributed by atoms with E-state index in [4.69, 9.17) is 17.2 Å². The SMILES string of the molecule is CN(C)Cc1ccc(-c2cc(N(C)C)c3c(c2O)C(=O)C2C(=O)[C@]4(C#N)C(=O)C(C(N)=O)C(=O)[C@@H](N(C)C)[C@]4(N)C[C@]2(N)C3)cc1. The summed E-state index contributed by atoms with van der Waals surface area (Å²) in [5.74, 6) is -10.00. The van der Waals surface area contributed by atoms with Crippen molar-refractivity contribution in [2.75, 3.05) is 47.2 Å². The lowest BCUT2D eigenvalue weighted by atomic mass is 9.42. The zero-order chi connectivity index (χ0) is 34.3. The van der Waals surface area contributed by atoms with Crippen LogP contribution in [0.3, 0.4) is 0 Å². The van der Waals surface area contributed by atoms with Crippen molar-refractivity contribution < 1.29 is 29.1 Å². The number of carbonyl (C=O) groups is 5. The summed E-state index contributed by atoms with van der Waals surface area (Å²) >= 11 is 0. The van der Waals surface area contributed by atoms with E-state index in [9.17, 15) is 34.3 Å². The molecule has 0 bridgehead atoms. The molecule has 0 radical (unpaired) electrons. The Morgan fingerprint density at radius 3 is 2.13 bits per heavy atom. The van der Waals surface area contributed by atoms with E-state index >= 15 is 0 Å². The second kappa shape index (κ2) is 10.8. The van der Waals surface area contributed by atoms with Crippen LogP contribution in [0.5, 0.6) is 5.75 Å². The predicted octanol–water partition coefficient (Wildman–Crippen LogP) is -0.397. The van der Waals surface area contributed by atoms with Crippen molar-refractivity contribution in [2.24, 2.45) is 34.5 Å². The largest absolute Gasteiger partial charge is 0.507 e. The van der Waals surface area contributed by atoms with Gasteiger partial charge >= 0.3 is 0 Å². The molecule has 0 saturated heterocycles. The summed E-state index contributed by atoms with van der Waals surface area (Å²) in [6.07, 6.45) is -0.612. The summed E-state index contributed by atoms with van der Waals surface area (Å²) in [6, 6.07) is 9.47. The number of fused-ring (bicyclic) bond motifs is 3. The van der Waals surface area contributed by atoms with E-state index in [-0.39, 0.29) is 17.7 Å². The number of benzene rings is 2. The van der Waals surface area contributed by atoms with Crippen molar-refractivity contribution in [1.29, 1.82) is 5.26 Å². The minimum absolute atomic E-state index is 0.143. The molecule has 2 fully saturated rings. The number of amides is 1. The van der Waals surface area contributed by atoms with Gasteiger partial charge in [-0.15, -0.1) is 0 Å². The number of hydrogen-bond acceptors (Lipinski definition) is 12. The molecule has 1 amide bonds. The Labute approximate surface area is 266 Å². The molecule has 2 aromatic rings. The number of primary amides is 1. The number of ketones is 4. The van der Waals surface area contributed by atoms with Crippen molar-refractivity contribution in [3.63, 3.8) is 0 Å². The maximum atomic E-state index is 14.6. The summed E-state index contributed by atoms with van der Waals surface area (Å²) in [5, 5.41) is 22.3. The first kappa shape index (κ1) is 32.9. The molecule has 6 atom stereocenters. The normalized spacial score (nSPS) is 30.5. The van der Waals surface area contributed by atoms with Crippen LogP contribution in [0.15, 0.2) is 30.3 Å². The molecule has 13 nitrogen and oxygen atoms in total. The second-order valence-corrected chi connectivity index (χ2v) is 13.6. The van der Waals surface area contributed by atoms with Crippen LogP contribution in [-0.4, -0.2) is 103 Å². The maximum absolute atomic E-state index is 14.6. The fourth-order valence-electron chi connectivity index (χ4n) is 8.03. The molecule has 2 aromatic carbocycles.